The largest absolute Gasteiger partial charge is 0.550 e. The van der Waals surface area contributed by atoms with E-state index in [4.69, 9.17) is 0 Å². The number of nitrogens with one attached hydrogen (secondary N) is 1. The molecule has 1 N–H and O–H groups in total. The number of nitrogens with zero attached hydrogens (tertiary/aromatic N) is 1. The summed E-state index contributed by atoms with van der Waals surface area (Å²) in [4.78, 5) is 24.0. The van der Waals surface area contributed by atoms with Gasteiger partial charge in [0.25, 0.3) is 0 Å². The zero-order valence-corrected chi connectivity index (χ0v) is 16.9. The van der Waals surface area contributed by atoms with E-state index >= 15 is 0 Å². The number of hydrogen-bond donors (Lipinski definition) is 1. The molecule has 154 valence electrons. The molecule has 1 amide bonds. The summed E-state index contributed by atoms with van der Waals surface area (Å²) in [7, 11) is -3.54. The van der Waals surface area contributed by atoms with E-state index in [2.05, 4.69) is 12.2 Å². The van der Waals surface area contributed by atoms with Crippen molar-refractivity contribution in [3.8, 4) is 0 Å². The van der Waals surface area contributed by atoms with Crippen molar-refractivity contribution >= 4 is 27.6 Å². The molecule has 2 fully saturated rings. The summed E-state index contributed by atoms with van der Waals surface area (Å²) in [5.41, 5.74) is 0.457. The van der Waals surface area contributed by atoms with Crippen molar-refractivity contribution in [2.45, 2.75) is 50.3 Å². The molecule has 2 unspecified atom stereocenters. The number of carboxylic acid groups (broad SMARTS) is 1. The molecule has 7 nitrogen and oxygen atoms in total. The van der Waals surface area contributed by atoms with E-state index in [9.17, 15) is 23.1 Å². The van der Waals surface area contributed by atoms with Gasteiger partial charge in [0.15, 0.2) is 0 Å². The minimum atomic E-state index is -3.54. The SMILES string of the molecule is CC1CCN(S(=O)(=O)c2ccc(NC(=O)C3CCCCC3C(=O)[O-])cc2)CC1. The quantitative estimate of drug-likeness (QED) is 0.798. The van der Waals surface area contributed by atoms with Crippen molar-refractivity contribution in [2.75, 3.05) is 18.4 Å². The van der Waals surface area contributed by atoms with E-state index < -0.39 is 27.8 Å². The Morgan fingerprint density at radius 3 is 2.14 bits per heavy atom. The second-order valence-corrected chi connectivity index (χ2v) is 9.85. The van der Waals surface area contributed by atoms with Crippen LogP contribution in [-0.2, 0) is 19.6 Å². The lowest BCUT2D eigenvalue weighted by molar-refractivity contribution is -0.313. The van der Waals surface area contributed by atoms with Crippen LogP contribution in [0.3, 0.4) is 0 Å². The maximum Gasteiger partial charge on any atom is 0.243 e. The molecule has 3 rings (SSSR count). The molecule has 2 atom stereocenters. The average molecular weight is 408 g/mol. The van der Waals surface area contributed by atoms with Gasteiger partial charge >= 0.3 is 0 Å². The van der Waals surface area contributed by atoms with Gasteiger partial charge in [0.05, 0.1) is 4.90 Å². The molecular formula is C20H27N2O5S-. The lowest BCUT2D eigenvalue weighted by Crippen LogP contribution is -2.42. The smallest absolute Gasteiger partial charge is 0.243 e. The molecule has 28 heavy (non-hydrogen) atoms. The minimum absolute atomic E-state index is 0.199. The highest BCUT2D eigenvalue weighted by Crippen LogP contribution is 2.31. The molecule has 1 aromatic carbocycles. The molecule has 0 bridgehead atoms. The number of sulfonamides is 1. The third-order valence-electron chi connectivity index (χ3n) is 5.91. The van der Waals surface area contributed by atoms with Crippen LogP contribution < -0.4 is 10.4 Å². The highest BCUT2D eigenvalue weighted by atomic mass is 32.2. The number of anilines is 1. The second-order valence-electron chi connectivity index (χ2n) is 7.92. The van der Waals surface area contributed by atoms with E-state index in [0.29, 0.717) is 37.5 Å². The molecule has 0 radical (unpaired) electrons. The molecule has 0 aromatic heterocycles. The third-order valence-corrected chi connectivity index (χ3v) is 7.82. The van der Waals surface area contributed by atoms with Crippen LogP contribution in [0.1, 0.15) is 45.4 Å². The number of carboxylic acids is 1. The predicted molar refractivity (Wildman–Crippen MR) is 103 cm³/mol. The number of benzene rings is 1. The second kappa shape index (κ2) is 8.61. The van der Waals surface area contributed by atoms with Crippen molar-refractivity contribution < 1.29 is 23.1 Å². The van der Waals surface area contributed by atoms with Gasteiger partial charge in [-0.05, 0) is 55.9 Å². The van der Waals surface area contributed by atoms with E-state index in [1.807, 2.05) is 0 Å². The van der Waals surface area contributed by atoms with Gasteiger partial charge in [-0.3, -0.25) is 4.79 Å². The maximum absolute atomic E-state index is 12.8. The summed E-state index contributed by atoms with van der Waals surface area (Å²) in [6.45, 7) is 3.17. The first-order chi connectivity index (χ1) is 13.3. The van der Waals surface area contributed by atoms with Crippen molar-refractivity contribution in [1.82, 2.24) is 4.31 Å². The van der Waals surface area contributed by atoms with Crippen molar-refractivity contribution in [2.24, 2.45) is 17.8 Å². The Morgan fingerprint density at radius 1 is 1.00 bits per heavy atom. The first kappa shape index (κ1) is 20.8. The number of rotatable bonds is 5. The number of amides is 1. The summed E-state index contributed by atoms with van der Waals surface area (Å²) in [6, 6.07) is 6.07. The number of aliphatic carboxylic acids is 1. The lowest BCUT2D eigenvalue weighted by atomic mass is 9.78. The van der Waals surface area contributed by atoms with Crippen molar-refractivity contribution in [1.29, 1.82) is 0 Å². The van der Waals surface area contributed by atoms with E-state index in [1.165, 1.54) is 16.4 Å². The predicted octanol–water partition coefficient (Wildman–Crippen LogP) is 1.60. The van der Waals surface area contributed by atoms with E-state index in [1.54, 1.807) is 12.1 Å². The van der Waals surface area contributed by atoms with Gasteiger partial charge < -0.3 is 15.2 Å². The lowest BCUT2D eigenvalue weighted by Gasteiger charge is -2.31. The molecule has 2 aliphatic rings. The minimum Gasteiger partial charge on any atom is -0.550 e. The molecule has 1 heterocycles. The van der Waals surface area contributed by atoms with Gasteiger partial charge in [0.2, 0.25) is 15.9 Å². The summed E-state index contributed by atoms with van der Waals surface area (Å²) < 4.78 is 27.0. The summed E-state index contributed by atoms with van der Waals surface area (Å²) in [6.07, 6.45) is 4.27. The Hall–Kier alpha value is -1.93. The van der Waals surface area contributed by atoms with Crippen LogP contribution >= 0.6 is 0 Å². The van der Waals surface area contributed by atoms with Crippen LogP contribution in [0.25, 0.3) is 0 Å². The van der Waals surface area contributed by atoms with Gasteiger partial charge in [-0.25, -0.2) is 8.42 Å². The fraction of sp³-hybridized carbons (Fsp3) is 0.600. The van der Waals surface area contributed by atoms with Gasteiger partial charge in [-0.2, -0.15) is 4.31 Å². The Morgan fingerprint density at radius 2 is 1.57 bits per heavy atom. The number of hydrogen-bond acceptors (Lipinski definition) is 5. The highest BCUT2D eigenvalue weighted by Gasteiger charge is 2.32. The standard InChI is InChI=1S/C20H28N2O5S/c1-14-10-12-22(13-11-14)28(26,27)16-8-6-15(7-9-16)21-19(23)17-4-2-3-5-18(17)20(24)25/h6-9,14,17-18H,2-5,10-13H2,1H3,(H,21,23)(H,24,25)/p-1. The van der Waals surface area contributed by atoms with Crippen molar-refractivity contribution in [3.63, 3.8) is 0 Å². The van der Waals surface area contributed by atoms with Gasteiger partial charge in [0, 0.05) is 36.6 Å². The van der Waals surface area contributed by atoms with E-state index in [0.717, 1.165) is 25.7 Å². The molecular weight excluding hydrogens is 380 g/mol. The van der Waals surface area contributed by atoms with Crippen LogP contribution in [0.15, 0.2) is 29.2 Å². The van der Waals surface area contributed by atoms with Crippen molar-refractivity contribution in [3.05, 3.63) is 24.3 Å². The monoisotopic (exact) mass is 407 g/mol. The third kappa shape index (κ3) is 4.55. The Labute approximate surface area is 166 Å². The summed E-state index contributed by atoms with van der Waals surface area (Å²) in [5.74, 6) is -2.38. The number of carbonyl (C=O) groups is 2. The van der Waals surface area contributed by atoms with Gasteiger partial charge in [0.1, 0.15) is 0 Å². The van der Waals surface area contributed by atoms with E-state index in [-0.39, 0.29) is 10.8 Å². The first-order valence-corrected chi connectivity index (χ1v) is 11.3. The van der Waals surface area contributed by atoms with Crippen LogP contribution in [-0.4, -0.2) is 37.7 Å². The maximum atomic E-state index is 12.8. The number of piperidine rings is 1. The molecule has 8 heteroatoms. The molecule has 1 aromatic rings. The highest BCUT2D eigenvalue weighted by molar-refractivity contribution is 7.89. The molecule has 1 aliphatic heterocycles. The summed E-state index contributed by atoms with van der Waals surface area (Å²) in [5, 5.41) is 14.0. The molecule has 1 saturated heterocycles. The zero-order valence-electron chi connectivity index (χ0n) is 16.1. The van der Waals surface area contributed by atoms with Crippen LogP contribution in [0.4, 0.5) is 5.69 Å². The fourth-order valence-electron chi connectivity index (χ4n) is 4.05. The van der Waals surface area contributed by atoms with Gasteiger partial charge in [-0.15, -0.1) is 0 Å². The molecule has 0 spiro atoms. The zero-order chi connectivity index (χ0) is 20.3. The topological polar surface area (TPSA) is 107 Å². The Bertz CT molecular complexity index is 814. The Kier molecular flexibility index (Phi) is 6.40. The average Bonchev–Trinajstić information content (AvgIpc) is 2.68. The fourth-order valence-corrected chi connectivity index (χ4v) is 5.52. The molecule has 1 saturated carbocycles. The Balaban J connectivity index is 1.67. The van der Waals surface area contributed by atoms with Crippen LogP contribution in [0.2, 0.25) is 0 Å². The normalized spacial score (nSPS) is 24.6. The number of carbonyl (C=O) groups excluding carboxylic acids is 2. The molecule has 1 aliphatic carbocycles. The van der Waals surface area contributed by atoms with Crippen LogP contribution in [0, 0.1) is 17.8 Å². The summed E-state index contributed by atoms with van der Waals surface area (Å²) >= 11 is 0. The van der Waals surface area contributed by atoms with Gasteiger partial charge in [-0.1, -0.05) is 19.8 Å². The van der Waals surface area contributed by atoms with Crippen LogP contribution in [0.5, 0.6) is 0 Å². The first-order valence-electron chi connectivity index (χ1n) is 9.91.